The van der Waals surface area contributed by atoms with E-state index in [2.05, 4.69) is 11.6 Å². The molecule has 0 spiro atoms. The number of hydrogen-bond donors (Lipinski definition) is 0. The molecule has 0 aliphatic rings. The lowest BCUT2D eigenvalue weighted by atomic mass is 10.1. The van der Waals surface area contributed by atoms with Gasteiger partial charge in [0.2, 0.25) is 0 Å². The van der Waals surface area contributed by atoms with E-state index in [4.69, 9.17) is 0 Å². The van der Waals surface area contributed by atoms with Gasteiger partial charge in [0.05, 0.1) is 15.5 Å². The van der Waals surface area contributed by atoms with Gasteiger partial charge in [-0.2, -0.15) is 0 Å². The van der Waals surface area contributed by atoms with Gasteiger partial charge in [-0.25, -0.2) is 4.98 Å². The number of carbonyl (C=O) groups is 1. The van der Waals surface area contributed by atoms with Crippen LogP contribution in [0.4, 0.5) is 16.5 Å². The predicted molar refractivity (Wildman–Crippen MR) is 109 cm³/mol. The van der Waals surface area contributed by atoms with E-state index >= 15 is 0 Å². The average molecular weight is 410 g/mol. The van der Waals surface area contributed by atoms with Crippen LogP contribution in [0.15, 0.2) is 66.6 Å². The molecule has 0 saturated carbocycles. The van der Waals surface area contributed by atoms with Crippen molar-refractivity contribution in [1.29, 1.82) is 0 Å². The third-order valence-electron chi connectivity index (χ3n) is 3.96. The minimum atomic E-state index is -0.565. The van der Waals surface area contributed by atoms with Gasteiger partial charge in [0.15, 0.2) is 5.13 Å². The van der Waals surface area contributed by atoms with Gasteiger partial charge in [-0.05, 0) is 18.2 Å². The predicted octanol–water partition coefficient (Wildman–Crippen LogP) is 4.46. The number of nitrogens with zero attached hydrogens (tertiary/aromatic N) is 4. The molecule has 9 nitrogen and oxygen atoms in total. The molecule has 29 heavy (non-hydrogen) atoms. The zero-order valence-electron chi connectivity index (χ0n) is 14.9. The summed E-state index contributed by atoms with van der Waals surface area (Å²) in [6.45, 7) is 3.81. The Labute approximate surface area is 168 Å². The summed E-state index contributed by atoms with van der Waals surface area (Å²) in [7, 11) is 0. The first kappa shape index (κ1) is 19.8. The summed E-state index contributed by atoms with van der Waals surface area (Å²) < 4.78 is 0. The van der Waals surface area contributed by atoms with Crippen LogP contribution in [-0.4, -0.2) is 27.3 Å². The molecule has 10 heteroatoms. The summed E-state index contributed by atoms with van der Waals surface area (Å²) >= 11 is 1.21. The zero-order chi connectivity index (χ0) is 21.0. The first-order chi connectivity index (χ1) is 13.9. The molecule has 0 saturated heterocycles. The second kappa shape index (κ2) is 8.40. The molecule has 3 rings (SSSR count). The summed E-state index contributed by atoms with van der Waals surface area (Å²) in [6.07, 6.45) is 1.53. The third-order valence-corrected chi connectivity index (χ3v) is 4.82. The molecule has 146 valence electrons. The van der Waals surface area contributed by atoms with Gasteiger partial charge in [-0.3, -0.25) is 29.9 Å². The maximum absolute atomic E-state index is 12.9. The summed E-state index contributed by atoms with van der Waals surface area (Å²) in [5.74, 6) is -0.446. The van der Waals surface area contributed by atoms with E-state index in [1.54, 1.807) is 17.5 Å². The summed E-state index contributed by atoms with van der Waals surface area (Å²) in [5.41, 5.74) is 1.17. The van der Waals surface area contributed by atoms with Crippen molar-refractivity contribution in [1.82, 2.24) is 4.98 Å². The average Bonchev–Trinajstić information content (AvgIpc) is 3.21. The number of thiazole rings is 1. The molecule has 1 heterocycles. The van der Waals surface area contributed by atoms with Gasteiger partial charge in [0.25, 0.3) is 17.3 Å². The van der Waals surface area contributed by atoms with Crippen molar-refractivity contribution in [3.63, 3.8) is 0 Å². The van der Waals surface area contributed by atoms with E-state index in [0.717, 1.165) is 0 Å². The number of nitro groups is 2. The van der Waals surface area contributed by atoms with Gasteiger partial charge in [-0.1, -0.05) is 12.1 Å². The van der Waals surface area contributed by atoms with Crippen LogP contribution < -0.4 is 4.90 Å². The number of hydrogen-bond acceptors (Lipinski definition) is 7. The van der Waals surface area contributed by atoms with Crippen molar-refractivity contribution in [2.45, 2.75) is 0 Å². The number of aromatic nitrogens is 1. The van der Waals surface area contributed by atoms with E-state index in [9.17, 15) is 25.0 Å². The van der Waals surface area contributed by atoms with Crippen molar-refractivity contribution in [3.8, 4) is 11.3 Å². The molecule has 1 aromatic heterocycles. The van der Waals surface area contributed by atoms with Crippen LogP contribution >= 0.6 is 11.3 Å². The van der Waals surface area contributed by atoms with Crippen molar-refractivity contribution < 1.29 is 14.6 Å². The molecule has 2 aromatic carbocycles. The second-order valence-electron chi connectivity index (χ2n) is 5.83. The van der Waals surface area contributed by atoms with Crippen LogP contribution in [0.3, 0.4) is 0 Å². The third kappa shape index (κ3) is 4.33. The first-order valence-electron chi connectivity index (χ1n) is 8.28. The molecule has 3 aromatic rings. The Bertz CT molecular complexity index is 1090. The molecule has 0 atom stereocenters. The maximum atomic E-state index is 12.9. The molecule has 0 N–H and O–H groups in total. The Morgan fingerprint density at radius 2 is 1.79 bits per heavy atom. The van der Waals surface area contributed by atoms with E-state index in [0.29, 0.717) is 16.4 Å². The van der Waals surface area contributed by atoms with Crippen LogP contribution in [0.5, 0.6) is 0 Å². The largest absolute Gasteiger partial charge is 0.280 e. The topological polar surface area (TPSA) is 119 Å². The monoisotopic (exact) mass is 410 g/mol. The van der Waals surface area contributed by atoms with E-state index in [1.807, 2.05) is 0 Å². The number of non-ortho nitro benzene ring substituents is 2. The van der Waals surface area contributed by atoms with Crippen molar-refractivity contribution in [3.05, 3.63) is 92.4 Å². The Kier molecular flexibility index (Phi) is 5.74. The fraction of sp³-hybridized carbons (Fsp3) is 0.0526. The van der Waals surface area contributed by atoms with Crippen molar-refractivity contribution in [2.75, 3.05) is 11.4 Å². The summed E-state index contributed by atoms with van der Waals surface area (Å²) in [6, 6.07) is 11.4. The van der Waals surface area contributed by atoms with E-state index in [-0.39, 0.29) is 23.5 Å². The van der Waals surface area contributed by atoms with Crippen LogP contribution in [0.25, 0.3) is 11.3 Å². The number of benzene rings is 2. The smallest absolute Gasteiger partial charge is 0.270 e. The van der Waals surface area contributed by atoms with Gasteiger partial charge in [0, 0.05) is 47.3 Å². The Morgan fingerprint density at radius 1 is 1.10 bits per heavy atom. The SMILES string of the molecule is C=CCN(C(=O)c1cccc([N+](=O)[O-])c1)c1nc(-c2ccc([N+](=O)[O-])cc2)cs1. The van der Waals surface area contributed by atoms with Crippen molar-refractivity contribution in [2.24, 2.45) is 0 Å². The Morgan fingerprint density at radius 3 is 2.41 bits per heavy atom. The van der Waals surface area contributed by atoms with Gasteiger partial charge >= 0.3 is 0 Å². The van der Waals surface area contributed by atoms with Crippen molar-refractivity contribution >= 4 is 33.8 Å². The Hall–Kier alpha value is -3.92. The second-order valence-corrected chi connectivity index (χ2v) is 6.67. The molecule has 0 aliphatic carbocycles. The molecule has 0 radical (unpaired) electrons. The van der Waals surface area contributed by atoms with Crippen LogP contribution in [-0.2, 0) is 0 Å². The molecule has 0 aliphatic heterocycles. The number of amides is 1. The van der Waals surface area contributed by atoms with E-state index in [1.165, 1.54) is 58.7 Å². The minimum absolute atomic E-state index is 0.0293. The van der Waals surface area contributed by atoms with Crippen LogP contribution in [0.1, 0.15) is 10.4 Å². The number of rotatable bonds is 7. The molecular formula is C19H14N4O5S. The summed E-state index contributed by atoms with van der Waals surface area (Å²) in [4.78, 5) is 39.5. The van der Waals surface area contributed by atoms with Crippen LogP contribution in [0, 0.1) is 20.2 Å². The number of anilines is 1. The standard InChI is InChI=1S/C19H14N4O5S/c1-2-10-21(18(24)14-4-3-5-16(11-14)23(27)28)19-20-17(12-29-19)13-6-8-15(9-7-13)22(25)26/h2-9,11-12H,1,10H2. The quantitative estimate of drug-likeness (QED) is 0.322. The summed E-state index contributed by atoms with van der Waals surface area (Å²) in [5, 5.41) is 23.9. The van der Waals surface area contributed by atoms with Gasteiger partial charge < -0.3 is 0 Å². The molecule has 0 fully saturated rings. The van der Waals surface area contributed by atoms with Crippen LogP contribution in [0.2, 0.25) is 0 Å². The normalized spacial score (nSPS) is 10.3. The zero-order valence-corrected chi connectivity index (χ0v) is 15.7. The number of carbonyl (C=O) groups excluding carboxylic acids is 1. The lowest BCUT2D eigenvalue weighted by Crippen LogP contribution is -2.31. The minimum Gasteiger partial charge on any atom is -0.280 e. The molecular weight excluding hydrogens is 396 g/mol. The highest BCUT2D eigenvalue weighted by Crippen LogP contribution is 2.29. The van der Waals surface area contributed by atoms with E-state index < -0.39 is 15.8 Å². The lowest BCUT2D eigenvalue weighted by Gasteiger charge is -2.18. The maximum Gasteiger partial charge on any atom is 0.270 e. The highest BCUT2D eigenvalue weighted by Gasteiger charge is 2.22. The molecule has 0 unspecified atom stereocenters. The highest BCUT2D eigenvalue weighted by atomic mass is 32.1. The first-order valence-corrected chi connectivity index (χ1v) is 9.16. The molecule has 0 bridgehead atoms. The fourth-order valence-electron chi connectivity index (χ4n) is 2.56. The lowest BCUT2D eigenvalue weighted by molar-refractivity contribution is -0.385. The number of nitro benzene ring substituents is 2. The van der Waals surface area contributed by atoms with Gasteiger partial charge in [0.1, 0.15) is 0 Å². The molecule has 1 amide bonds. The fourth-order valence-corrected chi connectivity index (χ4v) is 3.40. The highest BCUT2D eigenvalue weighted by molar-refractivity contribution is 7.14. The van der Waals surface area contributed by atoms with Gasteiger partial charge in [-0.15, -0.1) is 17.9 Å². The Balaban J connectivity index is 1.91.